The van der Waals surface area contributed by atoms with Crippen LogP contribution in [0.25, 0.3) is 0 Å². The number of phenolic OH excluding ortho intramolecular Hbond substituents is 2. The smallest absolute Gasteiger partial charge is 0.122 e. The number of phenols is 2. The predicted octanol–water partition coefficient (Wildman–Crippen LogP) is 2.70. The Morgan fingerprint density at radius 2 is 1.56 bits per heavy atom. The van der Waals surface area contributed by atoms with Crippen LogP contribution in [-0.2, 0) is 13.1 Å². The quantitative estimate of drug-likeness (QED) is 0.774. The first kappa shape index (κ1) is 12.5. The second-order valence-electron chi connectivity index (χ2n) is 4.31. The van der Waals surface area contributed by atoms with Crippen molar-refractivity contribution in [3.63, 3.8) is 0 Å². The van der Waals surface area contributed by atoms with Crippen LogP contribution in [0.1, 0.15) is 16.7 Å². The molecule has 0 spiro atoms. The number of aryl methyl sites for hydroxylation is 1. The highest BCUT2D eigenvalue weighted by Gasteiger charge is 2.04. The first-order valence-electron chi connectivity index (χ1n) is 5.93. The van der Waals surface area contributed by atoms with E-state index in [-0.39, 0.29) is 0 Å². The van der Waals surface area contributed by atoms with Crippen LogP contribution in [0.15, 0.2) is 42.5 Å². The van der Waals surface area contributed by atoms with Crippen LogP contribution in [-0.4, -0.2) is 10.2 Å². The first-order valence-corrected chi connectivity index (χ1v) is 5.93. The largest absolute Gasteiger partial charge is 0.508 e. The number of hydrogen-bond donors (Lipinski definition) is 3. The molecule has 0 aliphatic heterocycles. The van der Waals surface area contributed by atoms with Crippen molar-refractivity contribution in [3.8, 4) is 11.5 Å². The molecular weight excluding hydrogens is 226 g/mol. The molecule has 2 aromatic carbocycles. The van der Waals surface area contributed by atoms with Crippen molar-refractivity contribution in [3.05, 3.63) is 59.2 Å². The third-order valence-electron chi connectivity index (χ3n) is 2.94. The summed E-state index contributed by atoms with van der Waals surface area (Å²) in [4.78, 5) is 0. The van der Waals surface area contributed by atoms with Gasteiger partial charge in [0.1, 0.15) is 11.5 Å². The minimum Gasteiger partial charge on any atom is -0.508 e. The van der Waals surface area contributed by atoms with Gasteiger partial charge in [-0.1, -0.05) is 36.4 Å². The van der Waals surface area contributed by atoms with Crippen LogP contribution < -0.4 is 5.32 Å². The van der Waals surface area contributed by atoms with Crippen LogP contribution in [0.4, 0.5) is 0 Å². The van der Waals surface area contributed by atoms with Gasteiger partial charge in [0.25, 0.3) is 0 Å². The van der Waals surface area contributed by atoms with E-state index in [2.05, 4.69) is 5.32 Å². The minimum absolute atomic E-state index is 0.290. The maximum atomic E-state index is 9.86. The highest BCUT2D eigenvalue weighted by molar-refractivity contribution is 5.39. The van der Waals surface area contributed by atoms with Crippen LogP contribution in [0.2, 0.25) is 0 Å². The van der Waals surface area contributed by atoms with Gasteiger partial charge in [-0.25, -0.2) is 0 Å². The molecule has 3 N–H and O–H groups in total. The third-order valence-corrected chi connectivity index (χ3v) is 2.94. The summed E-state index contributed by atoms with van der Waals surface area (Å²) in [5, 5.41) is 22.7. The molecule has 0 fully saturated rings. The molecule has 0 bridgehead atoms. The van der Waals surface area contributed by atoms with Crippen LogP contribution in [0.5, 0.6) is 11.5 Å². The van der Waals surface area contributed by atoms with Gasteiger partial charge in [0, 0.05) is 24.2 Å². The molecule has 0 saturated carbocycles. The molecule has 0 amide bonds. The van der Waals surface area contributed by atoms with E-state index in [9.17, 15) is 10.2 Å². The Morgan fingerprint density at radius 1 is 0.889 bits per heavy atom. The lowest BCUT2D eigenvalue weighted by Crippen LogP contribution is -2.13. The van der Waals surface area contributed by atoms with E-state index in [1.165, 1.54) is 0 Å². The second kappa shape index (κ2) is 5.56. The molecule has 2 aromatic rings. The van der Waals surface area contributed by atoms with Crippen LogP contribution in [0, 0.1) is 6.92 Å². The highest BCUT2D eigenvalue weighted by atomic mass is 16.3. The van der Waals surface area contributed by atoms with Gasteiger partial charge in [-0.05, 0) is 18.6 Å². The zero-order valence-electron chi connectivity index (χ0n) is 10.4. The van der Waals surface area contributed by atoms with Crippen molar-refractivity contribution in [2.24, 2.45) is 0 Å². The lowest BCUT2D eigenvalue weighted by Gasteiger charge is -2.09. The van der Waals surface area contributed by atoms with Crippen LogP contribution in [0.3, 0.4) is 0 Å². The number of benzene rings is 2. The number of hydrogen-bond acceptors (Lipinski definition) is 3. The van der Waals surface area contributed by atoms with Crippen LogP contribution >= 0.6 is 0 Å². The van der Waals surface area contributed by atoms with E-state index >= 15 is 0 Å². The Bertz CT molecular complexity index is 538. The molecule has 0 aliphatic carbocycles. The monoisotopic (exact) mass is 243 g/mol. The van der Waals surface area contributed by atoms with E-state index in [1.807, 2.05) is 37.3 Å². The molecule has 94 valence electrons. The van der Waals surface area contributed by atoms with Gasteiger partial charge < -0.3 is 15.5 Å². The van der Waals surface area contributed by atoms with E-state index in [4.69, 9.17) is 0 Å². The van der Waals surface area contributed by atoms with Crippen molar-refractivity contribution in [1.82, 2.24) is 5.32 Å². The lowest BCUT2D eigenvalue weighted by atomic mass is 10.1. The van der Waals surface area contributed by atoms with Gasteiger partial charge in [0.05, 0.1) is 0 Å². The van der Waals surface area contributed by atoms with Crippen molar-refractivity contribution in [2.75, 3.05) is 0 Å². The summed E-state index contributed by atoms with van der Waals surface area (Å²) in [6.07, 6.45) is 0. The molecule has 2 rings (SSSR count). The summed E-state index contributed by atoms with van der Waals surface area (Å²) in [6, 6.07) is 12.9. The normalized spacial score (nSPS) is 10.5. The predicted molar refractivity (Wildman–Crippen MR) is 71.5 cm³/mol. The van der Waals surface area contributed by atoms with Crippen molar-refractivity contribution >= 4 is 0 Å². The standard InChI is InChI=1S/C15H17NO2/c1-11-5-4-7-13(15(11)18)10-16-9-12-6-2-3-8-14(12)17/h2-8,16-18H,9-10H2,1H3. The first-order chi connectivity index (χ1) is 8.68. The number of para-hydroxylation sites is 2. The zero-order valence-corrected chi connectivity index (χ0v) is 10.4. The van der Waals surface area contributed by atoms with Crippen molar-refractivity contribution in [2.45, 2.75) is 20.0 Å². The molecule has 3 nitrogen and oxygen atoms in total. The van der Waals surface area contributed by atoms with E-state index < -0.39 is 0 Å². The maximum Gasteiger partial charge on any atom is 0.122 e. The fourth-order valence-corrected chi connectivity index (χ4v) is 1.85. The van der Waals surface area contributed by atoms with Gasteiger partial charge in [-0.2, -0.15) is 0 Å². The maximum absolute atomic E-state index is 9.86. The van der Waals surface area contributed by atoms with Gasteiger partial charge in [-0.15, -0.1) is 0 Å². The molecule has 0 aromatic heterocycles. The molecule has 0 unspecified atom stereocenters. The molecule has 3 heteroatoms. The van der Waals surface area contributed by atoms with Gasteiger partial charge in [0.15, 0.2) is 0 Å². The average molecular weight is 243 g/mol. The molecular formula is C15H17NO2. The molecule has 0 radical (unpaired) electrons. The third kappa shape index (κ3) is 2.81. The summed E-state index contributed by atoms with van der Waals surface area (Å²) in [5.41, 5.74) is 2.59. The Balaban J connectivity index is 1.97. The summed E-state index contributed by atoms with van der Waals surface area (Å²) in [7, 11) is 0. The Hall–Kier alpha value is -2.00. The van der Waals surface area contributed by atoms with E-state index in [0.29, 0.717) is 24.6 Å². The van der Waals surface area contributed by atoms with Crippen molar-refractivity contribution < 1.29 is 10.2 Å². The zero-order chi connectivity index (χ0) is 13.0. The number of rotatable bonds is 4. The SMILES string of the molecule is Cc1cccc(CNCc2ccccc2O)c1O. The van der Waals surface area contributed by atoms with Crippen molar-refractivity contribution in [1.29, 1.82) is 0 Å². The Labute approximate surface area is 107 Å². The molecule has 0 heterocycles. The summed E-state index contributed by atoms with van der Waals surface area (Å²) in [6.45, 7) is 3.02. The minimum atomic E-state index is 0.290. The average Bonchev–Trinajstić information content (AvgIpc) is 2.37. The second-order valence-corrected chi connectivity index (χ2v) is 4.31. The van der Waals surface area contributed by atoms with Gasteiger partial charge in [0.2, 0.25) is 0 Å². The summed E-state index contributed by atoms with van der Waals surface area (Å²) < 4.78 is 0. The van der Waals surface area contributed by atoms with E-state index in [1.54, 1.807) is 12.1 Å². The Kier molecular flexibility index (Phi) is 3.85. The number of nitrogens with one attached hydrogen (secondary N) is 1. The molecule has 18 heavy (non-hydrogen) atoms. The van der Waals surface area contributed by atoms with Gasteiger partial charge >= 0.3 is 0 Å². The summed E-state index contributed by atoms with van der Waals surface area (Å²) in [5.74, 6) is 0.626. The fourth-order valence-electron chi connectivity index (χ4n) is 1.85. The topological polar surface area (TPSA) is 52.5 Å². The van der Waals surface area contributed by atoms with E-state index in [0.717, 1.165) is 16.7 Å². The van der Waals surface area contributed by atoms with Gasteiger partial charge in [-0.3, -0.25) is 0 Å². The lowest BCUT2D eigenvalue weighted by molar-refractivity contribution is 0.456. The summed E-state index contributed by atoms with van der Waals surface area (Å²) >= 11 is 0. The molecule has 0 atom stereocenters. The number of aromatic hydroxyl groups is 2. The molecule has 0 saturated heterocycles. The molecule has 0 aliphatic rings. The highest BCUT2D eigenvalue weighted by Crippen LogP contribution is 2.21. The fraction of sp³-hybridized carbons (Fsp3) is 0.200. The Morgan fingerprint density at radius 3 is 2.33 bits per heavy atom.